The molecule has 0 unspecified atom stereocenters. The van der Waals surface area contributed by atoms with E-state index in [-0.39, 0.29) is 23.1 Å². The molecule has 0 atom stereocenters. The van der Waals surface area contributed by atoms with E-state index in [4.69, 9.17) is 9.47 Å². The Kier molecular flexibility index (Phi) is 14.3. The van der Waals surface area contributed by atoms with Crippen molar-refractivity contribution >= 4 is 11.9 Å². The van der Waals surface area contributed by atoms with Crippen LogP contribution in [0.5, 0.6) is 0 Å². The van der Waals surface area contributed by atoms with Crippen LogP contribution in [0.15, 0.2) is 0 Å². The van der Waals surface area contributed by atoms with E-state index in [0.717, 1.165) is 25.7 Å². The van der Waals surface area contributed by atoms with Crippen LogP contribution in [0.25, 0.3) is 0 Å². The van der Waals surface area contributed by atoms with Crippen molar-refractivity contribution < 1.29 is 19.1 Å². The molecule has 0 aromatic rings. The molecule has 0 heterocycles. The fourth-order valence-corrected chi connectivity index (χ4v) is 3.09. The molecule has 0 saturated carbocycles. The van der Waals surface area contributed by atoms with Gasteiger partial charge in [-0.25, -0.2) is 0 Å². The first kappa shape index (κ1) is 26.9. The number of esters is 2. The molecule has 0 aromatic heterocycles. The summed E-state index contributed by atoms with van der Waals surface area (Å²) in [4.78, 5) is 23.2. The summed E-state index contributed by atoms with van der Waals surface area (Å²) in [7, 11) is 0. The van der Waals surface area contributed by atoms with Crippen LogP contribution in [0.1, 0.15) is 131 Å². The highest BCUT2D eigenvalue weighted by Crippen LogP contribution is 2.15. The van der Waals surface area contributed by atoms with E-state index in [1.807, 2.05) is 41.5 Å². The summed E-state index contributed by atoms with van der Waals surface area (Å²) in [6.07, 6.45) is 15.4. The molecule has 0 N–H and O–H groups in total. The first-order valence-electron chi connectivity index (χ1n) is 11.4. The van der Waals surface area contributed by atoms with Gasteiger partial charge in [-0.15, -0.1) is 0 Å². The summed E-state index contributed by atoms with van der Waals surface area (Å²) in [5.41, 5.74) is -0.732. The summed E-state index contributed by atoms with van der Waals surface area (Å²) in [5, 5.41) is 0. The van der Waals surface area contributed by atoms with Crippen LogP contribution >= 0.6 is 0 Å². The van der Waals surface area contributed by atoms with Crippen LogP contribution in [0.3, 0.4) is 0 Å². The Morgan fingerprint density at radius 3 is 0.893 bits per heavy atom. The van der Waals surface area contributed by atoms with E-state index >= 15 is 0 Å². The summed E-state index contributed by atoms with van der Waals surface area (Å²) in [6.45, 7) is 11.5. The number of ether oxygens (including phenoxy) is 2. The lowest BCUT2D eigenvalue weighted by Gasteiger charge is -2.19. The molecule has 0 radical (unpaired) electrons. The first-order chi connectivity index (χ1) is 13.0. The van der Waals surface area contributed by atoms with Crippen molar-refractivity contribution in [2.24, 2.45) is 0 Å². The van der Waals surface area contributed by atoms with Crippen LogP contribution in [0.2, 0.25) is 0 Å². The number of unbranched alkanes of at least 4 members (excludes halogenated alkanes) is 11. The van der Waals surface area contributed by atoms with Gasteiger partial charge in [0.25, 0.3) is 0 Å². The highest BCUT2D eigenvalue weighted by Gasteiger charge is 2.16. The monoisotopic (exact) mass is 398 g/mol. The smallest absolute Gasteiger partial charge is 0.306 e. The lowest BCUT2D eigenvalue weighted by molar-refractivity contribution is -0.156. The zero-order valence-electron chi connectivity index (χ0n) is 19.5. The van der Waals surface area contributed by atoms with Gasteiger partial charge in [-0.2, -0.15) is 0 Å². The fraction of sp³-hybridized carbons (Fsp3) is 0.917. The quantitative estimate of drug-likeness (QED) is 0.217. The molecule has 0 aliphatic carbocycles. The van der Waals surface area contributed by atoms with Crippen LogP contribution < -0.4 is 0 Å². The lowest BCUT2D eigenvalue weighted by atomic mass is 10.0. The minimum atomic E-state index is -0.366. The minimum Gasteiger partial charge on any atom is -0.460 e. The van der Waals surface area contributed by atoms with Crippen LogP contribution in [0, 0.1) is 0 Å². The molecule has 0 saturated heterocycles. The van der Waals surface area contributed by atoms with Crippen molar-refractivity contribution in [1.29, 1.82) is 0 Å². The third-order valence-corrected chi connectivity index (χ3v) is 4.35. The predicted octanol–water partition coefficient (Wildman–Crippen LogP) is 7.13. The second-order valence-corrected chi connectivity index (χ2v) is 9.92. The highest BCUT2D eigenvalue weighted by molar-refractivity contribution is 5.70. The van der Waals surface area contributed by atoms with E-state index in [0.29, 0.717) is 12.8 Å². The third kappa shape index (κ3) is 21.2. The Morgan fingerprint density at radius 1 is 0.464 bits per heavy atom. The Bertz CT molecular complexity index is 375. The number of hydrogen-bond acceptors (Lipinski definition) is 4. The van der Waals surface area contributed by atoms with Gasteiger partial charge in [0.05, 0.1) is 0 Å². The molecule has 0 spiro atoms. The molecule has 4 nitrogen and oxygen atoms in total. The lowest BCUT2D eigenvalue weighted by Crippen LogP contribution is -2.23. The van der Waals surface area contributed by atoms with E-state index in [1.165, 1.54) is 51.4 Å². The summed E-state index contributed by atoms with van der Waals surface area (Å²) >= 11 is 0. The molecule has 28 heavy (non-hydrogen) atoms. The third-order valence-electron chi connectivity index (χ3n) is 4.35. The molecular formula is C24H46O4. The van der Waals surface area contributed by atoms with E-state index in [2.05, 4.69) is 0 Å². The average Bonchev–Trinajstić information content (AvgIpc) is 2.51. The molecule has 0 amide bonds. The van der Waals surface area contributed by atoms with Crippen molar-refractivity contribution in [2.75, 3.05) is 0 Å². The largest absolute Gasteiger partial charge is 0.460 e. The second-order valence-electron chi connectivity index (χ2n) is 9.92. The molecule has 0 aliphatic heterocycles. The molecule has 0 rings (SSSR count). The molecule has 0 aliphatic rings. The average molecular weight is 399 g/mol. The second kappa shape index (κ2) is 14.9. The molecule has 0 fully saturated rings. The summed E-state index contributed by atoms with van der Waals surface area (Å²) in [6, 6.07) is 0. The van der Waals surface area contributed by atoms with Gasteiger partial charge in [-0.1, -0.05) is 64.2 Å². The topological polar surface area (TPSA) is 52.6 Å². The summed E-state index contributed by atoms with van der Waals surface area (Å²) < 4.78 is 10.6. The van der Waals surface area contributed by atoms with E-state index in [1.54, 1.807) is 0 Å². The number of carbonyl (C=O) groups excluding carboxylic acids is 2. The van der Waals surface area contributed by atoms with Gasteiger partial charge < -0.3 is 9.47 Å². The van der Waals surface area contributed by atoms with Gasteiger partial charge in [0.2, 0.25) is 0 Å². The van der Waals surface area contributed by atoms with Gasteiger partial charge in [0.1, 0.15) is 11.2 Å². The Labute approximate surface area is 174 Å². The van der Waals surface area contributed by atoms with Gasteiger partial charge in [0, 0.05) is 12.8 Å². The zero-order chi connectivity index (χ0) is 21.5. The van der Waals surface area contributed by atoms with E-state index in [9.17, 15) is 9.59 Å². The Balaban J connectivity index is 3.28. The number of rotatable bonds is 15. The van der Waals surface area contributed by atoms with Crippen molar-refractivity contribution in [3.05, 3.63) is 0 Å². The van der Waals surface area contributed by atoms with Gasteiger partial charge in [0.15, 0.2) is 0 Å². The van der Waals surface area contributed by atoms with Crippen molar-refractivity contribution in [3.63, 3.8) is 0 Å². The maximum Gasteiger partial charge on any atom is 0.306 e. The van der Waals surface area contributed by atoms with Gasteiger partial charge in [-0.3, -0.25) is 9.59 Å². The van der Waals surface area contributed by atoms with Crippen LogP contribution in [-0.2, 0) is 19.1 Å². The number of carbonyl (C=O) groups is 2. The normalized spacial score (nSPS) is 12.1. The molecular weight excluding hydrogens is 352 g/mol. The summed E-state index contributed by atoms with van der Waals surface area (Å²) in [5.74, 6) is -0.141. The Hall–Kier alpha value is -1.06. The predicted molar refractivity (Wildman–Crippen MR) is 116 cm³/mol. The minimum absolute atomic E-state index is 0.0707. The molecule has 166 valence electrons. The Morgan fingerprint density at radius 2 is 0.679 bits per heavy atom. The first-order valence-corrected chi connectivity index (χ1v) is 11.4. The number of hydrogen-bond donors (Lipinski definition) is 0. The molecule has 4 heteroatoms. The molecule has 0 bridgehead atoms. The SMILES string of the molecule is CC(C)(C)OC(=O)CCCCCCCCCCCCCCC(=O)OC(C)(C)C. The highest BCUT2D eigenvalue weighted by atomic mass is 16.6. The van der Waals surface area contributed by atoms with Gasteiger partial charge in [-0.05, 0) is 54.4 Å². The maximum absolute atomic E-state index is 11.6. The van der Waals surface area contributed by atoms with Gasteiger partial charge >= 0.3 is 11.9 Å². The maximum atomic E-state index is 11.6. The fourth-order valence-electron chi connectivity index (χ4n) is 3.09. The van der Waals surface area contributed by atoms with Crippen LogP contribution in [0.4, 0.5) is 0 Å². The van der Waals surface area contributed by atoms with Crippen molar-refractivity contribution in [2.45, 2.75) is 143 Å². The molecule has 0 aromatic carbocycles. The van der Waals surface area contributed by atoms with E-state index < -0.39 is 0 Å². The standard InChI is InChI=1S/C24H46O4/c1-23(2,3)27-21(25)19-17-15-13-11-9-7-8-10-12-14-16-18-20-22(26)28-24(4,5)6/h7-20H2,1-6H3. The zero-order valence-corrected chi connectivity index (χ0v) is 19.5. The van der Waals surface area contributed by atoms with Crippen molar-refractivity contribution in [3.8, 4) is 0 Å². The van der Waals surface area contributed by atoms with Crippen LogP contribution in [-0.4, -0.2) is 23.1 Å². The van der Waals surface area contributed by atoms with Crippen molar-refractivity contribution in [1.82, 2.24) is 0 Å².